The Kier molecular flexibility index (Phi) is 3.66. The van der Waals surface area contributed by atoms with Crippen molar-refractivity contribution in [3.63, 3.8) is 0 Å². The predicted molar refractivity (Wildman–Crippen MR) is 61.3 cm³/mol. The number of carboxylic acid groups (broad SMARTS) is 1. The highest BCUT2D eigenvalue weighted by molar-refractivity contribution is 5.95. The van der Waals surface area contributed by atoms with Crippen LogP contribution in [-0.4, -0.2) is 36.2 Å². The fourth-order valence-electron chi connectivity index (χ4n) is 2.06. The lowest BCUT2D eigenvalue weighted by molar-refractivity contribution is -0.149. The van der Waals surface area contributed by atoms with Gasteiger partial charge in [0.25, 0.3) is 5.91 Å². The number of ether oxygens (including phenoxy) is 1. The van der Waals surface area contributed by atoms with Gasteiger partial charge in [-0.25, -0.2) is 4.79 Å². The molecule has 1 saturated heterocycles. The molecule has 0 unspecified atom stereocenters. The molecule has 1 aromatic rings. The van der Waals surface area contributed by atoms with Crippen LogP contribution in [0.1, 0.15) is 22.5 Å². The summed E-state index contributed by atoms with van der Waals surface area (Å²) in [7, 11) is 0. The van der Waals surface area contributed by atoms with Crippen LogP contribution in [0, 0.1) is 12.8 Å². The summed E-state index contributed by atoms with van der Waals surface area (Å²) in [6.45, 7) is 2.41. The normalized spacial score (nSPS) is 22.9. The maximum absolute atomic E-state index is 11.8. The van der Waals surface area contributed by atoms with Crippen molar-refractivity contribution in [3.8, 4) is 0 Å². The van der Waals surface area contributed by atoms with Gasteiger partial charge in [0.2, 0.25) is 0 Å². The summed E-state index contributed by atoms with van der Waals surface area (Å²) in [5.74, 6) is -0.868. The van der Waals surface area contributed by atoms with Crippen LogP contribution in [0.5, 0.6) is 0 Å². The lowest BCUT2D eigenvalue weighted by Crippen LogP contribution is -2.36. The van der Waals surface area contributed by atoms with Gasteiger partial charge in [-0.05, 0) is 19.4 Å². The van der Waals surface area contributed by atoms with E-state index >= 15 is 0 Å². The molecule has 2 atom stereocenters. The maximum Gasteiger partial charge on any atom is 0.333 e. The third-order valence-electron chi connectivity index (χ3n) is 3.09. The number of aliphatic carboxylic acids is 1. The molecular formula is C12H15NO5. The first-order valence-corrected chi connectivity index (χ1v) is 5.76. The number of carbonyl (C=O) groups is 2. The van der Waals surface area contributed by atoms with E-state index in [1.165, 1.54) is 6.26 Å². The minimum Gasteiger partial charge on any atom is -0.479 e. The summed E-state index contributed by atoms with van der Waals surface area (Å²) >= 11 is 0. The molecule has 2 rings (SSSR count). The second-order valence-corrected chi connectivity index (χ2v) is 4.28. The minimum absolute atomic E-state index is 0.182. The van der Waals surface area contributed by atoms with Crippen molar-refractivity contribution in [1.82, 2.24) is 5.32 Å². The van der Waals surface area contributed by atoms with Gasteiger partial charge in [-0.2, -0.15) is 0 Å². The lowest BCUT2D eigenvalue weighted by Gasteiger charge is -2.14. The Morgan fingerprint density at radius 2 is 2.33 bits per heavy atom. The number of hydrogen-bond acceptors (Lipinski definition) is 4. The van der Waals surface area contributed by atoms with Crippen LogP contribution in [0.2, 0.25) is 0 Å². The molecule has 0 aromatic carbocycles. The number of furan rings is 1. The molecule has 1 aromatic heterocycles. The molecule has 2 N–H and O–H groups in total. The van der Waals surface area contributed by atoms with Gasteiger partial charge in [-0.1, -0.05) is 0 Å². The highest BCUT2D eigenvalue weighted by atomic mass is 16.5. The molecule has 6 heteroatoms. The first kappa shape index (κ1) is 12.6. The van der Waals surface area contributed by atoms with E-state index in [9.17, 15) is 9.59 Å². The molecular weight excluding hydrogens is 238 g/mol. The van der Waals surface area contributed by atoms with Crippen molar-refractivity contribution in [2.75, 3.05) is 13.2 Å². The van der Waals surface area contributed by atoms with Crippen LogP contribution in [-0.2, 0) is 9.53 Å². The summed E-state index contributed by atoms with van der Waals surface area (Å²) in [6.07, 6.45) is 1.26. The van der Waals surface area contributed by atoms with Crippen molar-refractivity contribution in [1.29, 1.82) is 0 Å². The van der Waals surface area contributed by atoms with Crippen LogP contribution in [0.4, 0.5) is 0 Å². The average molecular weight is 253 g/mol. The maximum atomic E-state index is 11.8. The van der Waals surface area contributed by atoms with Gasteiger partial charge >= 0.3 is 5.97 Å². The highest BCUT2D eigenvalue weighted by Crippen LogP contribution is 2.20. The summed E-state index contributed by atoms with van der Waals surface area (Å²) in [5.41, 5.74) is 0.473. The van der Waals surface area contributed by atoms with Gasteiger partial charge in [0.1, 0.15) is 5.76 Å². The van der Waals surface area contributed by atoms with Crippen molar-refractivity contribution >= 4 is 11.9 Å². The zero-order valence-electron chi connectivity index (χ0n) is 10.0. The van der Waals surface area contributed by atoms with Crippen LogP contribution in [0.3, 0.4) is 0 Å². The monoisotopic (exact) mass is 253 g/mol. The standard InChI is InChI=1S/C12H15NO5/c1-7-9(3-5-17-7)11(14)13-6-8-2-4-18-10(8)12(15)16/h3,5,8,10H,2,4,6H2,1H3,(H,13,14)(H,15,16)/t8-,10-/m0/s1. The molecule has 1 fully saturated rings. The molecule has 6 nitrogen and oxygen atoms in total. The van der Waals surface area contributed by atoms with E-state index in [4.69, 9.17) is 14.3 Å². The van der Waals surface area contributed by atoms with Gasteiger partial charge in [-0.15, -0.1) is 0 Å². The zero-order valence-corrected chi connectivity index (χ0v) is 10.0. The van der Waals surface area contributed by atoms with Crippen LogP contribution < -0.4 is 5.32 Å². The minimum atomic E-state index is -0.980. The molecule has 1 aliphatic rings. The third-order valence-corrected chi connectivity index (χ3v) is 3.09. The van der Waals surface area contributed by atoms with Crippen molar-refractivity contribution < 1.29 is 23.8 Å². The Balaban J connectivity index is 1.90. The SMILES string of the molecule is Cc1occc1C(=O)NC[C@@H]1CCO[C@@H]1C(=O)O. The van der Waals surface area contributed by atoms with E-state index in [0.717, 1.165) is 0 Å². The van der Waals surface area contributed by atoms with E-state index in [1.807, 2.05) is 0 Å². The highest BCUT2D eigenvalue weighted by Gasteiger charge is 2.34. The van der Waals surface area contributed by atoms with Crippen molar-refractivity contribution in [2.45, 2.75) is 19.4 Å². The van der Waals surface area contributed by atoms with Gasteiger partial charge in [0.15, 0.2) is 6.10 Å². The average Bonchev–Trinajstić information content (AvgIpc) is 2.94. The second kappa shape index (κ2) is 5.22. The summed E-state index contributed by atoms with van der Waals surface area (Å²) in [6, 6.07) is 1.59. The van der Waals surface area contributed by atoms with Crippen molar-refractivity contribution in [2.24, 2.45) is 5.92 Å². The number of carbonyl (C=O) groups excluding carboxylic acids is 1. The first-order valence-electron chi connectivity index (χ1n) is 5.76. The fraction of sp³-hybridized carbons (Fsp3) is 0.500. The third kappa shape index (κ3) is 2.53. The lowest BCUT2D eigenvalue weighted by atomic mass is 10.0. The summed E-state index contributed by atoms with van der Waals surface area (Å²) in [4.78, 5) is 22.7. The van der Waals surface area contributed by atoms with E-state index in [0.29, 0.717) is 30.9 Å². The zero-order chi connectivity index (χ0) is 13.1. The Morgan fingerprint density at radius 3 is 2.94 bits per heavy atom. The molecule has 0 radical (unpaired) electrons. The second-order valence-electron chi connectivity index (χ2n) is 4.28. The predicted octanol–water partition coefficient (Wildman–Crippen LogP) is 0.808. The summed E-state index contributed by atoms with van der Waals surface area (Å²) in [5, 5.41) is 11.6. The fourth-order valence-corrected chi connectivity index (χ4v) is 2.06. The number of nitrogens with one attached hydrogen (secondary N) is 1. The van der Waals surface area contributed by atoms with Crippen LogP contribution >= 0.6 is 0 Å². The number of hydrogen-bond donors (Lipinski definition) is 2. The molecule has 98 valence electrons. The van der Waals surface area contributed by atoms with E-state index in [1.54, 1.807) is 13.0 Å². The molecule has 2 heterocycles. The van der Waals surface area contributed by atoms with E-state index < -0.39 is 12.1 Å². The number of aryl methyl sites for hydroxylation is 1. The number of rotatable bonds is 4. The Morgan fingerprint density at radius 1 is 1.56 bits per heavy atom. The molecule has 0 bridgehead atoms. The number of amides is 1. The van der Waals surface area contributed by atoms with E-state index in [-0.39, 0.29) is 11.8 Å². The Hall–Kier alpha value is -1.82. The molecule has 0 spiro atoms. The molecule has 1 aliphatic heterocycles. The van der Waals surface area contributed by atoms with E-state index in [2.05, 4.69) is 5.32 Å². The Labute approximate surface area is 104 Å². The van der Waals surface area contributed by atoms with Gasteiger partial charge in [-0.3, -0.25) is 4.79 Å². The number of carboxylic acids is 1. The molecule has 0 aliphatic carbocycles. The quantitative estimate of drug-likeness (QED) is 0.828. The molecule has 0 saturated carbocycles. The van der Waals surface area contributed by atoms with Gasteiger partial charge in [0.05, 0.1) is 11.8 Å². The van der Waals surface area contributed by atoms with Crippen LogP contribution in [0.25, 0.3) is 0 Å². The Bertz CT molecular complexity index is 453. The van der Waals surface area contributed by atoms with Gasteiger partial charge in [0, 0.05) is 19.1 Å². The largest absolute Gasteiger partial charge is 0.479 e. The van der Waals surface area contributed by atoms with Crippen molar-refractivity contribution in [3.05, 3.63) is 23.7 Å². The topological polar surface area (TPSA) is 88.8 Å². The summed E-state index contributed by atoms with van der Waals surface area (Å²) < 4.78 is 10.1. The smallest absolute Gasteiger partial charge is 0.333 e. The first-order chi connectivity index (χ1) is 8.59. The van der Waals surface area contributed by atoms with Gasteiger partial charge < -0.3 is 19.6 Å². The van der Waals surface area contributed by atoms with Crippen LogP contribution in [0.15, 0.2) is 16.7 Å². The molecule has 1 amide bonds. The molecule has 18 heavy (non-hydrogen) atoms.